The van der Waals surface area contributed by atoms with Gasteiger partial charge in [0, 0.05) is 0 Å². The van der Waals surface area contributed by atoms with Gasteiger partial charge >= 0.3 is 0 Å². The van der Waals surface area contributed by atoms with E-state index in [1.165, 1.54) is 27.8 Å². The summed E-state index contributed by atoms with van der Waals surface area (Å²) in [4.78, 5) is 0. The molecule has 2 aromatic carbocycles. The Hall–Kier alpha value is -1.96. The highest BCUT2D eigenvalue weighted by Crippen LogP contribution is 2.21. The monoisotopic (exact) mass is 286 g/mol. The molecular formula is C19H26O2. The number of aryl methyl sites for hydroxylation is 5. The molecule has 0 bridgehead atoms. The van der Waals surface area contributed by atoms with Gasteiger partial charge < -0.3 is 9.47 Å². The molecule has 0 aliphatic carbocycles. The Kier molecular flexibility index (Phi) is 6.29. The zero-order valence-electron chi connectivity index (χ0n) is 14.2. The van der Waals surface area contributed by atoms with Crippen molar-refractivity contribution in [2.45, 2.75) is 34.6 Å². The fourth-order valence-corrected chi connectivity index (χ4v) is 2.18. The molecule has 114 valence electrons. The van der Waals surface area contributed by atoms with Crippen LogP contribution in [0, 0.1) is 34.6 Å². The molecule has 0 aromatic heterocycles. The second-order valence-corrected chi connectivity index (χ2v) is 5.38. The van der Waals surface area contributed by atoms with E-state index in [2.05, 4.69) is 45.9 Å². The average molecular weight is 286 g/mol. The van der Waals surface area contributed by atoms with Gasteiger partial charge in [-0.3, -0.25) is 0 Å². The van der Waals surface area contributed by atoms with Crippen molar-refractivity contribution in [2.75, 3.05) is 14.2 Å². The lowest BCUT2D eigenvalue weighted by Crippen LogP contribution is -1.90. The Labute approximate surface area is 128 Å². The van der Waals surface area contributed by atoms with Crippen LogP contribution in [0.25, 0.3) is 0 Å². The quantitative estimate of drug-likeness (QED) is 0.779. The largest absolute Gasteiger partial charge is 0.496 e. The van der Waals surface area contributed by atoms with E-state index in [-0.39, 0.29) is 0 Å². The van der Waals surface area contributed by atoms with Crippen molar-refractivity contribution in [3.63, 3.8) is 0 Å². The van der Waals surface area contributed by atoms with Gasteiger partial charge in [-0.25, -0.2) is 0 Å². The van der Waals surface area contributed by atoms with Crippen LogP contribution in [0.1, 0.15) is 27.8 Å². The third-order valence-electron chi connectivity index (χ3n) is 3.56. The van der Waals surface area contributed by atoms with Gasteiger partial charge in [-0.1, -0.05) is 23.8 Å². The third kappa shape index (κ3) is 4.82. The average Bonchev–Trinajstić information content (AvgIpc) is 2.44. The van der Waals surface area contributed by atoms with Gasteiger partial charge in [-0.05, 0) is 69.0 Å². The second-order valence-electron chi connectivity index (χ2n) is 5.38. The van der Waals surface area contributed by atoms with Gasteiger partial charge in [-0.2, -0.15) is 0 Å². The maximum absolute atomic E-state index is 5.18. The summed E-state index contributed by atoms with van der Waals surface area (Å²) < 4.78 is 10.3. The number of benzene rings is 2. The number of hydrogen-bond acceptors (Lipinski definition) is 2. The number of ether oxygens (including phenoxy) is 2. The molecule has 2 nitrogen and oxygen atoms in total. The van der Waals surface area contributed by atoms with Crippen molar-refractivity contribution in [2.24, 2.45) is 0 Å². The van der Waals surface area contributed by atoms with Crippen molar-refractivity contribution in [1.82, 2.24) is 0 Å². The Morgan fingerprint density at radius 1 is 0.571 bits per heavy atom. The predicted octanol–water partition coefficient (Wildman–Crippen LogP) is 4.93. The summed E-state index contributed by atoms with van der Waals surface area (Å²) in [5.41, 5.74) is 6.28. The van der Waals surface area contributed by atoms with E-state index >= 15 is 0 Å². The first-order valence-corrected chi connectivity index (χ1v) is 7.12. The van der Waals surface area contributed by atoms with Crippen LogP contribution in [-0.2, 0) is 0 Å². The predicted molar refractivity (Wildman–Crippen MR) is 89.7 cm³/mol. The van der Waals surface area contributed by atoms with E-state index < -0.39 is 0 Å². The van der Waals surface area contributed by atoms with Gasteiger partial charge in [0.15, 0.2) is 0 Å². The number of rotatable bonds is 2. The molecule has 21 heavy (non-hydrogen) atoms. The van der Waals surface area contributed by atoms with Crippen molar-refractivity contribution in [3.05, 3.63) is 58.1 Å². The molecule has 0 radical (unpaired) electrons. The first kappa shape index (κ1) is 17.1. The van der Waals surface area contributed by atoms with E-state index in [0.717, 1.165) is 11.5 Å². The van der Waals surface area contributed by atoms with E-state index in [1.807, 2.05) is 19.1 Å². The Balaban J connectivity index is 0.000000211. The molecule has 0 heterocycles. The number of hydrogen-bond donors (Lipinski definition) is 0. The summed E-state index contributed by atoms with van der Waals surface area (Å²) >= 11 is 0. The lowest BCUT2D eigenvalue weighted by molar-refractivity contribution is 0.411. The highest BCUT2D eigenvalue weighted by Gasteiger charge is 1.99. The lowest BCUT2D eigenvalue weighted by Gasteiger charge is -2.07. The summed E-state index contributed by atoms with van der Waals surface area (Å²) in [6.45, 7) is 10.4. The van der Waals surface area contributed by atoms with Crippen molar-refractivity contribution in [3.8, 4) is 11.5 Å². The molecule has 2 rings (SSSR count). The van der Waals surface area contributed by atoms with Gasteiger partial charge in [0.25, 0.3) is 0 Å². The maximum Gasteiger partial charge on any atom is 0.122 e. The minimum absolute atomic E-state index is 0.964. The highest BCUT2D eigenvalue weighted by atomic mass is 16.5. The minimum atomic E-state index is 0.964. The van der Waals surface area contributed by atoms with Crippen molar-refractivity contribution < 1.29 is 9.47 Å². The van der Waals surface area contributed by atoms with Gasteiger partial charge in [-0.15, -0.1) is 0 Å². The van der Waals surface area contributed by atoms with Crippen LogP contribution in [-0.4, -0.2) is 14.2 Å². The van der Waals surface area contributed by atoms with E-state index in [9.17, 15) is 0 Å². The molecule has 0 saturated heterocycles. The molecule has 2 heteroatoms. The summed E-state index contributed by atoms with van der Waals surface area (Å²) in [6.07, 6.45) is 0. The summed E-state index contributed by atoms with van der Waals surface area (Å²) in [7, 11) is 3.40. The first-order chi connectivity index (χ1) is 9.88. The zero-order valence-corrected chi connectivity index (χ0v) is 14.2. The Morgan fingerprint density at radius 2 is 1.10 bits per heavy atom. The van der Waals surface area contributed by atoms with E-state index in [0.29, 0.717) is 0 Å². The second kappa shape index (κ2) is 7.72. The first-order valence-electron chi connectivity index (χ1n) is 7.12. The van der Waals surface area contributed by atoms with E-state index in [4.69, 9.17) is 9.47 Å². The van der Waals surface area contributed by atoms with Crippen LogP contribution >= 0.6 is 0 Å². The molecule has 2 aromatic rings. The van der Waals surface area contributed by atoms with Crippen molar-refractivity contribution >= 4 is 0 Å². The normalized spacial score (nSPS) is 9.67. The van der Waals surface area contributed by atoms with Crippen LogP contribution in [0.3, 0.4) is 0 Å². The minimum Gasteiger partial charge on any atom is -0.496 e. The lowest BCUT2D eigenvalue weighted by atomic mass is 10.1. The van der Waals surface area contributed by atoms with Crippen molar-refractivity contribution in [1.29, 1.82) is 0 Å². The van der Waals surface area contributed by atoms with Crippen LogP contribution in [0.4, 0.5) is 0 Å². The molecule has 0 unspecified atom stereocenters. The smallest absolute Gasteiger partial charge is 0.122 e. The van der Waals surface area contributed by atoms with Crippen LogP contribution in [0.2, 0.25) is 0 Å². The van der Waals surface area contributed by atoms with Gasteiger partial charge in [0.05, 0.1) is 14.2 Å². The molecule has 0 spiro atoms. The number of methoxy groups -OCH3 is 2. The Morgan fingerprint density at radius 3 is 1.62 bits per heavy atom. The Bertz CT molecular complexity index is 601. The highest BCUT2D eigenvalue weighted by molar-refractivity contribution is 5.40. The maximum atomic E-state index is 5.18. The fraction of sp³-hybridized carbons (Fsp3) is 0.368. The molecule has 0 aliphatic heterocycles. The third-order valence-corrected chi connectivity index (χ3v) is 3.56. The molecular weight excluding hydrogens is 260 g/mol. The molecule has 0 saturated carbocycles. The topological polar surface area (TPSA) is 18.5 Å². The molecule has 0 N–H and O–H groups in total. The standard InChI is InChI=1S/C10H14O.C9H12O/c1-7-5-9(3)10(11-4)6-8(7)2;1-7-4-5-9(10-3)8(2)6-7/h5-6H,1-4H3;4-6H,1-3H3. The summed E-state index contributed by atoms with van der Waals surface area (Å²) in [5.74, 6) is 1.94. The molecule has 0 aliphatic rings. The summed E-state index contributed by atoms with van der Waals surface area (Å²) in [6, 6.07) is 10.4. The van der Waals surface area contributed by atoms with Crippen LogP contribution < -0.4 is 9.47 Å². The molecule has 0 fully saturated rings. The van der Waals surface area contributed by atoms with Gasteiger partial charge in [0.1, 0.15) is 11.5 Å². The van der Waals surface area contributed by atoms with Crippen LogP contribution in [0.5, 0.6) is 11.5 Å². The van der Waals surface area contributed by atoms with E-state index in [1.54, 1.807) is 14.2 Å². The SMILES string of the molecule is COc1cc(C)c(C)cc1C.COc1ccc(C)cc1C. The van der Waals surface area contributed by atoms with Gasteiger partial charge in [0.2, 0.25) is 0 Å². The fourth-order valence-electron chi connectivity index (χ4n) is 2.18. The molecule has 0 atom stereocenters. The zero-order chi connectivity index (χ0) is 16.0. The molecule has 0 amide bonds. The van der Waals surface area contributed by atoms with Crippen LogP contribution in [0.15, 0.2) is 30.3 Å². The summed E-state index contributed by atoms with van der Waals surface area (Å²) in [5, 5.41) is 0.